The summed E-state index contributed by atoms with van der Waals surface area (Å²) < 4.78 is 35.0. The molecule has 22 heavy (non-hydrogen) atoms. The molecule has 120 valence electrons. The normalized spacial score (nSPS) is 22.0. The van der Waals surface area contributed by atoms with Crippen LogP contribution in [0.5, 0.6) is 0 Å². The van der Waals surface area contributed by atoms with Crippen LogP contribution in [0.2, 0.25) is 0 Å². The van der Waals surface area contributed by atoms with Crippen LogP contribution in [-0.2, 0) is 27.5 Å². The van der Waals surface area contributed by atoms with Gasteiger partial charge in [0.05, 0.1) is 12.5 Å². The molecular weight excluding hydrogens is 290 g/mol. The topological polar surface area (TPSA) is 35.5 Å². The summed E-state index contributed by atoms with van der Waals surface area (Å²) in [5, 5.41) is 0. The van der Waals surface area contributed by atoms with Gasteiger partial charge < -0.3 is 9.47 Å². The van der Waals surface area contributed by atoms with Crippen LogP contribution in [0, 0.1) is 17.3 Å². The van der Waals surface area contributed by atoms with Crippen molar-refractivity contribution in [2.45, 2.75) is 27.1 Å². The highest BCUT2D eigenvalue weighted by atomic mass is 19.3. The van der Waals surface area contributed by atoms with E-state index in [0.29, 0.717) is 6.61 Å². The highest BCUT2D eigenvalue weighted by molar-refractivity contribution is 5.78. The summed E-state index contributed by atoms with van der Waals surface area (Å²) in [6, 6.07) is 7.52. The molecule has 2 atom stereocenters. The molecule has 0 heterocycles. The molecule has 0 spiro atoms. The van der Waals surface area contributed by atoms with Crippen LogP contribution >= 0.6 is 0 Å². The Balaban J connectivity index is 1.89. The van der Waals surface area contributed by atoms with E-state index >= 15 is 0 Å². The number of halogens is 2. The highest BCUT2D eigenvalue weighted by Crippen LogP contribution is 2.60. The van der Waals surface area contributed by atoms with Crippen molar-refractivity contribution < 1.29 is 23.0 Å². The Morgan fingerprint density at radius 1 is 1.18 bits per heavy atom. The second kappa shape index (κ2) is 6.57. The number of esters is 1. The fourth-order valence-electron chi connectivity index (χ4n) is 2.72. The molecule has 1 aromatic carbocycles. The Hall–Kier alpha value is -1.75. The number of carbonyl (C=O) groups excluding carboxylic acids is 1. The van der Waals surface area contributed by atoms with Gasteiger partial charge >= 0.3 is 5.97 Å². The predicted octanol–water partition coefficient (Wildman–Crippen LogP) is 3.93. The van der Waals surface area contributed by atoms with Gasteiger partial charge in [0.1, 0.15) is 6.61 Å². The van der Waals surface area contributed by atoms with Gasteiger partial charge in [0, 0.05) is 13.0 Å². The Kier molecular flexibility index (Phi) is 4.96. The van der Waals surface area contributed by atoms with Gasteiger partial charge in [0.2, 0.25) is 0 Å². The highest BCUT2D eigenvalue weighted by Gasteiger charge is 2.61. The zero-order chi connectivity index (χ0) is 16.3. The number of benzene rings is 1. The minimum absolute atomic E-state index is 0.146. The number of carbonyl (C=O) groups is 1. The zero-order valence-corrected chi connectivity index (χ0v) is 12.9. The molecule has 5 heteroatoms. The van der Waals surface area contributed by atoms with E-state index in [2.05, 4.69) is 0 Å². The summed E-state index contributed by atoms with van der Waals surface area (Å²) in [7, 11) is 1.62. The first-order valence-corrected chi connectivity index (χ1v) is 7.12. The van der Waals surface area contributed by atoms with E-state index < -0.39 is 29.3 Å². The molecule has 1 aromatic rings. The zero-order valence-electron chi connectivity index (χ0n) is 12.9. The summed E-state index contributed by atoms with van der Waals surface area (Å²) in [5.41, 5.74) is 1.42. The average molecular weight is 310 g/mol. The summed E-state index contributed by atoms with van der Waals surface area (Å²) in [5.74, 6) is -1.37. The van der Waals surface area contributed by atoms with Crippen molar-refractivity contribution in [1.82, 2.24) is 0 Å². The maximum Gasteiger partial charge on any atom is 0.310 e. The summed E-state index contributed by atoms with van der Waals surface area (Å²) >= 11 is 0. The lowest BCUT2D eigenvalue weighted by atomic mass is 10.1. The molecule has 0 radical (unpaired) electrons. The average Bonchev–Trinajstić information content (AvgIpc) is 2.98. The minimum atomic E-state index is -1.75. The van der Waals surface area contributed by atoms with Crippen LogP contribution in [-0.4, -0.2) is 13.1 Å². The quantitative estimate of drug-likeness (QED) is 0.747. The van der Waals surface area contributed by atoms with E-state index in [1.54, 1.807) is 21.0 Å². The van der Waals surface area contributed by atoms with E-state index in [0.717, 1.165) is 17.2 Å². The van der Waals surface area contributed by atoms with Gasteiger partial charge in [0.25, 0.3) is 6.08 Å². The Bertz CT molecular complexity index is 560. The molecule has 1 aliphatic rings. The number of hydrogen-bond donors (Lipinski definition) is 0. The lowest BCUT2D eigenvalue weighted by Crippen LogP contribution is -2.10. The van der Waals surface area contributed by atoms with E-state index in [9.17, 15) is 13.6 Å². The Morgan fingerprint density at radius 2 is 1.73 bits per heavy atom. The van der Waals surface area contributed by atoms with Gasteiger partial charge in [-0.05, 0) is 22.6 Å². The molecule has 0 aromatic heterocycles. The van der Waals surface area contributed by atoms with Gasteiger partial charge in [-0.25, -0.2) is 0 Å². The van der Waals surface area contributed by atoms with Gasteiger partial charge in [-0.15, -0.1) is 0 Å². The maximum absolute atomic E-state index is 12.4. The van der Waals surface area contributed by atoms with Crippen LogP contribution < -0.4 is 0 Å². The molecule has 0 aliphatic heterocycles. The molecule has 0 saturated heterocycles. The number of hydrogen-bond acceptors (Lipinski definition) is 3. The molecule has 0 N–H and O–H groups in total. The van der Waals surface area contributed by atoms with Gasteiger partial charge in [-0.2, -0.15) is 8.78 Å². The molecule has 0 amide bonds. The molecule has 1 saturated carbocycles. The molecule has 0 bridgehead atoms. The third-order valence-electron chi connectivity index (χ3n) is 4.19. The van der Waals surface area contributed by atoms with Crippen molar-refractivity contribution in [1.29, 1.82) is 0 Å². The fraction of sp³-hybridized carbons (Fsp3) is 0.471. The number of methoxy groups -OCH3 is 1. The third kappa shape index (κ3) is 3.71. The molecule has 2 unspecified atom stereocenters. The van der Waals surface area contributed by atoms with Crippen LogP contribution in [0.4, 0.5) is 8.78 Å². The molecule has 1 fully saturated rings. The predicted molar refractivity (Wildman–Crippen MR) is 78.0 cm³/mol. The first-order chi connectivity index (χ1) is 10.4. The van der Waals surface area contributed by atoms with E-state index in [-0.39, 0.29) is 6.61 Å². The van der Waals surface area contributed by atoms with Gasteiger partial charge in [0.15, 0.2) is 0 Å². The second-order valence-electron chi connectivity index (χ2n) is 6.14. The van der Waals surface area contributed by atoms with Gasteiger partial charge in [-0.3, -0.25) is 4.79 Å². The van der Waals surface area contributed by atoms with Crippen molar-refractivity contribution in [3.63, 3.8) is 0 Å². The van der Waals surface area contributed by atoms with Crippen molar-refractivity contribution in [2.24, 2.45) is 17.3 Å². The summed E-state index contributed by atoms with van der Waals surface area (Å²) in [4.78, 5) is 12.0. The lowest BCUT2D eigenvalue weighted by molar-refractivity contribution is -0.147. The van der Waals surface area contributed by atoms with Crippen LogP contribution in [0.3, 0.4) is 0 Å². The minimum Gasteiger partial charge on any atom is -0.461 e. The van der Waals surface area contributed by atoms with Crippen LogP contribution in [0.1, 0.15) is 25.0 Å². The van der Waals surface area contributed by atoms with Crippen LogP contribution in [0.15, 0.2) is 36.4 Å². The lowest BCUT2D eigenvalue weighted by Gasteiger charge is -2.07. The molecule has 2 rings (SSSR count). The van der Waals surface area contributed by atoms with Crippen LogP contribution in [0.25, 0.3) is 0 Å². The Morgan fingerprint density at radius 3 is 2.23 bits per heavy atom. The van der Waals surface area contributed by atoms with Gasteiger partial charge in [-0.1, -0.05) is 38.1 Å². The first-order valence-electron chi connectivity index (χ1n) is 7.12. The maximum atomic E-state index is 12.4. The third-order valence-corrected chi connectivity index (χ3v) is 4.19. The number of ether oxygens (including phenoxy) is 2. The first kappa shape index (κ1) is 16.6. The largest absolute Gasteiger partial charge is 0.461 e. The fourth-order valence-corrected chi connectivity index (χ4v) is 2.72. The summed E-state index contributed by atoms with van der Waals surface area (Å²) in [6.07, 6.45) is -0.895. The van der Waals surface area contributed by atoms with E-state index in [4.69, 9.17) is 9.47 Å². The van der Waals surface area contributed by atoms with Crippen molar-refractivity contribution in [3.05, 3.63) is 47.5 Å². The number of allylic oxidation sites excluding steroid dienone is 1. The monoisotopic (exact) mass is 310 g/mol. The molecule has 1 aliphatic carbocycles. The van der Waals surface area contributed by atoms with Crippen molar-refractivity contribution in [2.75, 3.05) is 7.11 Å². The Labute approximate surface area is 128 Å². The van der Waals surface area contributed by atoms with Crippen molar-refractivity contribution in [3.8, 4) is 0 Å². The standard InChI is InChI=1S/C17H20F2O3/c1-17(2)13(8-14(18)19)15(17)16(20)22-10-12-6-4-11(5-7-12)9-21-3/h4-8,13,15H,9-10H2,1-3H3. The smallest absolute Gasteiger partial charge is 0.310 e. The van der Waals surface area contributed by atoms with E-state index in [1.807, 2.05) is 24.3 Å². The summed E-state index contributed by atoms with van der Waals surface area (Å²) in [6.45, 7) is 4.26. The second-order valence-corrected chi connectivity index (χ2v) is 6.14. The SMILES string of the molecule is COCc1ccc(COC(=O)C2C(C=C(F)F)C2(C)C)cc1. The van der Waals surface area contributed by atoms with E-state index in [1.165, 1.54) is 0 Å². The molecule has 3 nitrogen and oxygen atoms in total. The van der Waals surface area contributed by atoms with Crippen molar-refractivity contribution >= 4 is 5.97 Å². The molecular formula is C17H20F2O3. The number of rotatable bonds is 6.